The van der Waals surface area contributed by atoms with Crippen LogP contribution in [0.5, 0.6) is 0 Å². The van der Waals surface area contributed by atoms with Crippen LogP contribution >= 0.6 is 22.6 Å². The first-order valence-electron chi connectivity index (χ1n) is 2.59. The first kappa shape index (κ1) is 6.77. The summed E-state index contributed by atoms with van der Waals surface area (Å²) in [6.45, 7) is 1.61. The van der Waals surface area contributed by atoms with Crippen LogP contribution in [0.15, 0.2) is 0 Å². The Morgan fingerprint density at radius 2 is 2.38 bits per heavy atom. The summed E-state index contributed by atoms with van der Waals surface area (Å²) in [6.07, 6.45) is 0.329. The van der Waals surface area contributed by atoms with Crippen molar-refractivity contribution in [3.63, 3.8) is 0 Å². The molecule has 0 aromatic carbocycles. The monoisotopic (exact) mass is 228 g/mol. The molecule has 1 heterocycles. The molecule has 0 aromatic rings. The molecule has 0 aromatic heterocycles. The average Bonchev–Trinajstić information content (AvgIpc) is 2.14. The molecule has 1 fully saturated rings. The van der Waals surface area contributed by atoms with Gasteiger partial charge in [-0.1, -0.05) is 22.6 Å². The van der Waals surface area contributed by atoms with E-state index in [0.717, 1.165) is 13.2 Å². The fourth-order valence-corrected chi connectivity index (χ4v) is 1.48. The Hall–Kier alpha value is 0.650. The molecule has 2 atom stereocenters. The van der Waals surface area contributed by atoms with Crippen molar-refractivity contribution in [2.75, 3.05) is 20.3 Å². The highest BCUT2D eigenvalue weighted by molar-refractivity contribution is 14.1. The summed E-state index contributed by atoms with van der Waals surface area (Å²) in [6, 6.07) is 0. The van der Waals surface area contributed by atoms with Crippen LogP contribution in [0.2, 0.25) is 0 Å². The van der Waals surface area contributed by atoms with Crippen molar-refractivity contribution in [3.8, 4) is 0 Å². The van der Waals surface area contributed by atoms with Crippen LogP contribution < -0.4 is 0 Å². The van der Waals surface area contributed by atoms with Gasteiger partial charge in [-0.15, -0.1) is 0 Å². The van der Waals surface area contributed by atoms with E-state index in [9.17, 15) is 0 Å². The van der Waals surface area contributed by atoms with Gasteiger partial charge in [-0.2, -0.15) is 0 Å². The Morgan fingerprint density at radius 1 is 1.62 bits per heavy atom. The summed E-state index contributed by atoms with van der Waals surface area (Å²) in [4.78, 5) is 0. The minimum Gasteiger partial charge on any atom is -0.378 e. The van der Waals surface area contributed by atoms with Gasteiger partial charge in [0.15, 0.2) is 0 Å². The molecule has 0 aliphatic carbocycles. The molecule has 0 amide bonds. The zero-order valence-electron chi connectivity index (χ0n) is 4.76. The van der Waals surface area contributed by atoms with Crippen molar-refractivity contribution >= 4 is 22.6 Å². The third-order valence-electron chi connectivity index (χ3n) is 1.27. The maximum absolute atomic E-state index is 5.13. The topological polar surface area (TPSA) is 18.5 Å². The third-order valence-corrected chi connectivity index (χ3v) is 2.43. The Balaban J connectivity index is 2.30. The van der Waals surface area contributed by atoms with Gasteiger partial charge >= 0.3 is 0 Å². The molecule has 1 aliphatic heterocycles. The van der Waals surface area contributed by atoms with Crippen LogP contribution in [0.1, 0.15) is 0 Å². The molecule has 3 heteroatoms. The summed E-state index contributed by atoms with van der Waals surface area (Å²) in [7, 11) is 1.73. The van der Waals surface area contributed by atoms with Crippen LogP contribution in [0, 0.1) is 0 Å². The minimum absolute atomic E-state index is 0.329. The van der Waals surface area contributed by atoms with Crippen molar-refractivity contribution in [1.82, 2.24) is 0 Å². The van der Waals surface area contributed by atoms with E-state index in [0.29, 0.717) is 10.0 Å². The summed E-state index contributed by atoms with van der Waals surface area (Å²) in [5, 5.41) is 0. The second-order valence-electron chi connectivity index (χ2n) is 1.83. The van der Waals surface area contributed by atoms with E-state index in [1.807, 2.05) is 0 Å². The molecule has 8 heavy (non-hydrogen) atoms. The lowest BCUT2D eigenvalue weighted by Crippen LogP contribution is -2.19. The van der Waals surface area contributed by atoms with E-state index < -0.39 is 0 Å². The second kappa shape index (κ2) is 2.98. The zero-order chi connectivity index (χ0) is 5.98. The lowest BCUT2D eigenvalue weighted by atomic mass is 10.3. The summed E-state index contributed by atoms with van der Waals surface area (Å²) in [5.74, 6) is 0. The molecule has 0 spiro atoms. The normalized spacial score (nSPS) is 38.2. The van der Waals surface area contributed by atoms with Gasteiger partial charge in [-0.3, -0.25) is 0 Å². The maximum Gasteiger partial charge on any atom is 0.0944 e. The number of alkyl halides is 1. The molecule has 1 saturated heterocycles. The fourth-order valence-electron chi connectivity index (χ4n) is 0.724. The van der Waals surface area contributed by atoms with Crippen LogP contribution in [-0.4, -0.2) is 30.4 Å². The Morgan fingerprint density at radius 3 is 2.62 bits per heavy atom. The van der Waals surface area contributed by atoms with Crippen LogP contribution in [0.4, 0.5) is 0 Å². The van der Waals surface area contributed by atoms with Gasteiger partial charge in [0.1, 0.15) is 0 Å². The van der Waals surface area contributed by atoms with Gasteiger partial charge in [0, 0.05) is 7.11 Å². The highest BCUT2D eigenvalue weighted by Crippen LogP contribution is 2.16. The Kier molecular flexibility index (Phi) is 2.52. The first-order valence-corrected chi connectivity index (χ1v) is 3.83. The molecule has 0 bridgehead atoms. The molecule has 1 rings (SSSR count). The number of ether oxygens (including phenoxy) is 2. The predicted molar refractivity (Wildman–Crippen MR) is 39.4 cm³/mol. The third kappa shape index (κ3) is 1.33. The second-order valence-corrected chi connectivity index (χ2v) is 3.43. The summed E-state index contributed by atoms with van der Waals surface area (Å²) in [5.41, 5.74) is 0. The standard InChI is InChI=1S/C5H9IO2/c1-7-5-3-8-2-4(5)6/h4-5H,2-3H2,1H3. The van der Waals surface area contributed by atoms with Gasteiger partial charge in [0.25, 0.3) is 0 Å². The highest BCUT2D eigenvalue weighted by Gasteiger charge is 2.24. The summed E-state index contributed by atoms with van der Waals surface area (Å²) < 4.78 is 10.8. The SMILES string of the molecule is COC1COCC1I. The minimum atomic E-state index is 0.329. The predicted octanol–water partition coefficient (Wildman–Crippen LogP) is 0.835. The molecular formula is C5H9IO2. The molecule has 0 saturated carbocycles. The average molecular weight is 228 g/mol. The van der Waals surface area contributed by atoms with Crippen LogP contribution in [-0.2, 0) is 9.47 Å². The van der Waals surface area contributed by atoms with E-state index in [1.165, 1.54) is 0 Å². The van der Waals surface area contributed by atoms with Gasteiger partial charge in [-0.05, 0) is 0 Å². The number of halogens is 1. The molecule has 1 aliphatic rings. The Labute approximate surface area is 62.7 Å². The molecule has 2 nitrogen and oxygen atoms in total. The zero-order valence-corrected chi connectivity index (χ0v) is 6.92. The quantitative estimate of drug-likeness (QED) is 0.489. The molecule has 0 radical (unpaired) electrons. The first-order chi connectivity index (χ1) is 3.84. The van der Waals surface area contributed by atoms with E-state index >= 15 is 0 Å². The number of hydrogen-bond donors (Lipinski definition) is 0. The largest absolute Gasteiger partial charge is 0.378 e. The van der Waals surface area contributed by atoms with Crippen molar-refractivity contribution in [1.29, 1.82) is 0 Å². The smallest absolute Gasteiger partial charge is 0.0944 e. The van der Waals surface area contributed by atoms with Gasteiger partial charge < -0.3 is 9.47 Å². The van der Waals surface area contributed by atoms with Crippen LogP contribution in [0.25, 0.3) is 0 Å². The molecule has 0 N–H and O–H groups in total. The van der Waals surface area contributed by atoms with Gasteiger partial charge in [0.05, 0.1) is 23.2 Å². The van der Waals surface area contributed by atoms with Crippen molar-refractivity contribution in [3.05, 3.63) is 0 Å². The molecule has 2 unspecified atom stereocenters. The van der Waals surface area contributed by atoms with Crippen LogP contribution in [0.3, 0.4) is 0 Å². The molecular weight excluding hydrogens is 219 g/mol. The number of hydrogen-bond acceptors (Lipinski definition) is 2. The van der Waals surface area contributed by atoms with E-state index in [1.54, 1.807) is 7.11 Å². The fraction of sp³-hybridized carbons (Fsp3) is 1.00. The van der Waals surface area contributed by atoms with Crippen molar-refractivity contribution in [2.45, 2.75) is 10.0 Å². The van der Waals surface area contributed by atoms with Crippen molar-refractivity contribution < 1.29 is 9.47 Å². The molecule has 48 valence electrons. The van der Waals surface area contributed by atoms with Crippen molar-refractivity contribution in [2.24, 2.45) is 0 Å². The number of rotatable bonds is 1. The highest BCUT2D eigenvalue weighted by atomic mass is 127. The van der Waals surface area contributed by atoms with Gasteiger partial charge in [0.2, 0.25) is 0 Å². The maximum atomic E-state index is 5.13. The van der Waals surface area contributed by atoms with E-state index in [4.69, 9.17) is 9.47 Å². The van der Waals surface area contributed by atoms with E-state index in [2.05, 4.69) is 22.6 Å². The lowest BCUT2D eigenvalue weighted by Gasteiger charge is -2.07. The number of methoxy groups -OCH3 is 1. The lowest BCUT2D eigenvalue weighted by molar-refractivity contribution is 0.0844. The Bertz CT molecular complexity index is 76.8. The van der Waals surface area contributed by atoms with Gasteiger partial charge in [-0.25, -0.2) is 0 Å². The van der Waals surface area contributed by atoms with E-state index in [-0.39, 0.29) is 0 Å². The summed E-state index contributed by atoms with van der Waals surface area (Å²) >= 11 is 2.34.